The van der Waals surface area contributed by atoms with E-state index in [2.05, 4.69) is 15.6 Å². The van der Waals surface area contributed by atoms with Gasteiger partial charge in [-0.25, -0.2) is 4.98 Å². The fraction of sp³-hybridized carbons (Fsp3) is 0.211. The summed E-state index contributed by atoms with van der Waals surface area (Å²) in [5.74, 6) is 0.476. The van der Waals surface area contributed by atoms with Crippen LogP contribution in [0.2, 0.25) is 0 Å². The summed E-state index contributed by atoms with van der Waals surface area (Å²) < 4.78 is 5.60. The van der Waals surface area contributed by atoms with Gasteiger partial charge in [-0.15, -0.1) is 11.3 Å². The third-order valence-electron chi connectivity index (χ3n) is 4.06. The minimum atomic E-state index is -0.343. The Morgan fingerprint density at radius 1 is 1.15 bits per heavy atom. The molecule has 7 heteroatoms. The predicted octanol–water partition coefficient (Wildman–Crippen LogP) is 3.86. The smallest absolute Gasteiger partial charge is 0.277 e. The van der Waals surface area contributed by atoms with Gasteiger partial charge in [0.1, 0.15) is 5.76 Å². The van der Waals surface area contributed by atoms with Gasteiger partial charge in [0.25, 0.3) is 11.8 Å². The maximum Gasteiger partial charge on any atom is 0.277 e. The zero-order valence-corrected chi connectivity index (χ0v) is 14.9. The van der Waals surface area contributed by atoms with Crippen molar-refractivity contribution >= 4 is 28.8 Å². The highest BCUT2D eigenvalue weighted by atomic mass is 32.1. The van der Waals surface area contributed by atoms with Gasteiger partial charge in [-0.05, 0) is 55.5 Å². The highest BCUT2D eigenvalue weighted by molar-refractivity contribution is 7.13. The van der Waals surface area contributed by atoms with E-state index in [1.165, 1.54) is 11.3 Å². The molecule has 0 bridgehead atoms. The monoisotopic (exact) mass is 367 g/mol. The van der Waals surface area contributed by atoms with Gasteiger partial charge in [0, 0.05) is 17.3 Å². The number of benzene rings is 1. The van der Waals surface area contributed by atoms with Crippen LogP contribution in [0.3, 0.4) is 0 Å². The van der Waals surface area contributed by atoms with Crippen LogP contribution in [0.15, 0.2) is 46.2 Å². The largest absolute Gasteiger partial charge is 0.440 e. The summed E-state index contributed by atoms with van der Waals surface area (Å²) in [5, 5.41) is 7.65. The number of aryl methyl sites for hydroxylation is 1. The lowest BCUT2D eigenvalue weighted by Crippen LogP contribution is -2.25. The molecule has 2 amide bonds. The van der Waals surface area contributed by atoms with Gasteiger partial charge in [0.05, 0.1) is 4.88 Å². The molecule has 0 spiro atoms. The average molecular weight is 367 g/mol. The van der Waals surface area contributed by atoms with E-state index in [1.54, 1.807) is 31.2 Å². The first-order valence-corrected chi connectivity index (χ1v) is 9.22. The second-order valence-corrected chi connectivity index (χ2v) is 7.13. The van der Waals surface area contributed by atoms with Gasteiger partial charge in [-0.1, -0.05) is 6.07 Å². The van der Waals surface area contributed by atoms with Crippen LogP contribution in [0.4, 0.5) is 5.69 Å². The fourth-order valence-corrected chi connectivity index (χ4v) is 3.15. The highest BCUT2D eigenvalue weighted by Crippen LogP contribution is 2.26. The van der Waals surface area contributed by atoms with Crippen molar-refractivity contribution in [2.75, 3.05) is 5.32 Å². The van der Waals surface area contributed by atoms with Gasteiger partial charge in [0.2, 0.25) is 5.89 Å². The van der Waals surface area contributed by atoms with E-state index >= 15 is 0 Å². The Hall–Kier alpha value is -2.93. The van der Waals surface area contributed by atoms with Crippen molar-refractivity contribution in [3.63, 3.8) is 0 Å². The van der Waals surface area contributed by atoms with Gasteiger partial charge in [0.15, 0.2) is 5.69 Å². The van der Waals surface area contributed by atoms with Crippen molar-refractivity contribution in [2.24, 2.45) is 0 Å². The van der Waals surface area contributed by atoms with Crippen molar-refractivity contribution in [1.82, 2.24) is 10.3 Å². The van der Waals surface area contributed by atoms with Crippen LogP contribution in [-0.4, -0.2) is 22.8 Å². The number of aromatic nitrogens is 1. The molecule has 0 radical (unpaired) electrons. The third-order valence-corrected chi connectivity index (χ3v) is 4.92. The third kappa shape index (κ3) is 3.52. The summed E-state index contributed by atoms with van der Waals surface area (Å²) >= 11 is 1.50. The average Bonchev–Trinajstić information content (AvgIpc) is 3.12. The first-order valence-electron chi connectivity index (χ1n) is 8.34. The second kappa shape index (κ2) is 6.76. The summed E-state index contributed by atoms with van der Waals surface area (Å²) in [5.41, 5.74) is 1.43. The molecule has 6 nitrogen and oxygen atoms in total. The van der Waals surface area contributed by atoms with Crippen molar-refractivity contribution in [2.45, 2.75) is 25.8 Å². The molecule has 132 valence electrons. The van der Waals surface area contributed by atoms with E-state index in [1.807, 2.05) is 17.5 Å². The van der Waals surface area contributed by atoms with E-state index in [4.69, 9.17) is 4.42 Å². The Morgan fingerprint density at radius 3 is 2.58 bits per heavy atom. The van der Waals surface area contributed by atoms with Gasteiger partial charge in [-0.3, -0.25) is 9.59 Å². The van der Waals surface area contributed by atoms with E-state index < -0.39 is 0 Å². The van der Waals surface area contributed by atoms with Crippen LogP contribution >= 0.6 is 11.3 Å². The van der Waals surface area contributed by atoms with Gasteiger partial charge in [-0.2, -0.15) is 0 Å². The van der Waals surface area contributed by atoms with E-state index in [9.17, 15) is 9.59 Å². The van der Waals surface area contributed by atoms with E-state index in [-0.39, 0.29) is 17.5 Å². The normalized spacial score (nSPS) is 13.4. The van der Waals surface area contributed by atoms with Crippen LogP contribution in [-0.2, 0) is 0 Å². The maximum absolute atomic E-state index is 12.5. The van der Waals surface area contributed by atoms with E-state index in [0.29, 0.717) is 28.9 Å². The molecule has 26 heavy (non-hydrogen) atoms. The Morgan fingerprint density at radius 2 is 1.92 bits per heavy atom. The van der Waals surface area contributed by atoms with Crippen LogP contribution in [0, 0.1) is 6.92 Å². The van der Waals surface area contributed by atoms with Crippen LogP contribution in [0.5, 0.6) is 0 Å². The minimum Gasteiger partial charge on any atom is -0.440 e. The van der Waals surface area contributed by atoms with Gasteiger partial charge < -0.3 is 15.1 Å². The molecule has 0 unspecified atom stereocenters. The molecule has 1 aliphatic rings. The number of hydrogen-bond donors (Lipinski definition) is 2. The lowest BCUT2D eigenvalue weighted by Gasteiger charge is -2.06. The minimum absolute atomic E-state index is 0.0849. The summed E-state index contributed by atoms with van der Waals surface area (Å²) in [4.78, 5) is 29.6. The molecule has 0 saturated heterocycles. The highest BCUT2D eigenvalue weighted by Gasteiger charge is 2.24. The number of carbonyl (C=O) groups excluding carboxylic acids is 2. The molecule has 0 aliphatic heterocycles. The Bertz CT molecular complexity index is 941. The first kappa shape index (κ1) is 16.5. The Labute approximate surface area is 154 Å². The van der Waals surface area contributed by atoms with Crippen molar-refractivity contribution in [3.05, 3.63) is 58.8 Å². The second-order valence-electron chi connectivity index (χ2n) is 6.18. The van der Waals surface area contributed by atoms with Crippen molar-refractivity contribution < 1.29 is 14.0 Å². The van der Waals surface area contributed by atoms with Gasteiger partial charge >= 0.3 is 0 Å². The number of carbonyl (C=O) groups is 2. The number of thiophene rings is 1. The number of hydrogen-bond acceptors (Lipinski definition) is 5. The molecule has 1 aliphatic carbocycles. The number of nitrogens with one attached hydrogen (secondary N) is 2. The Balaban J connectivity index is 1.45. The molecule has 0 atom stereocenters. The molecule has 1 aromatic carbocycles. The van der Waals surface area contributed by atoms with Crippen molar-refractivity contribution in [1.29, 1.82) is 0 Å². The van der Waals surface area contributed by atoms with E-state index in [0.717, 1.165) is 17.7 Å². The molecule has 3 aromatic rings. The number of amides is 2. The molecular formula is C19H17N3O3S. The number of rotatable bonds is 5. The number of anilines is 1. The topological polar surface area (TPSA) is 84.2 Å². The first-order chi connectivity index (χ1) is 12.6. The molecule has 2 heterocycles. The summed E-state index contributed by atoms with van der Waals surface area (Å²) in [6, 6.07) is 10.9. The SMILES string of the molecule is Cc1oc(-c2cccs2)nc1C(=O)Nc1ccc(C(=O)NC2CC2)cc1. The molecule has 1 fully saturated rings. The number of oxazole rings is 1. The zero-order valence-electron chi connectivity index (χ0n) is 14.1. The standard InChI is InChI=1S/C19H17N3O3S/c1-11-16(22-19(25-11)15-3-2-10-26-15)18(24)21-13-6-4-12(5-7-13)17(23)20-14-8-9-14/h2-7,10,14H,8-9H2,1H3,(H,20,23)(H,21,24). The summed E-state index contributed by atoms with van der Waals surface area (Å²) in [6.45, 7) is 1.71. The molecular weight excluding hydrogens is 350 g/mol. The quantitative estimate of drug-likeness (QED) is 0.717. The summed E-state index contributed by atoms with van der Waals surface area (Å²) in [7, 11) is 0. The van der Waals surface area contributed by atoms with Crippen LogP contribution < -0.4 is 10.6 Å². The number of nitrogens with zero attached hydrogens (tertiary/aromatic N) is 1. The lowest BCUT2D eigenvalue weighted by atomic mass is 10.2. The molecule has 2 N–H and O–H groups in total. The van der Waals surface area contributed by atoms with Crippen molar-refractivity contribution in [3.8, 4) is 10.8 Å². The lowest BCUT2D eigenvalue weighted by molar-refractivity contribution is 0.0950. The Kier molecular flexibility index (Phi) is 4.30. The van der Waals surface area contributed by atoms with Crippen LogP contribution in [0.1, 0.15) is 39.4 Å². The molecule has 1 saturated carbocycles. The molecule has 2 aromatic heterocycles. The fourth-order valence-electron chi connectivity index (χ4n) is 2.50. The predicted molar refractivity (Wildman–Crippen MR) is 99.4 cm³/mol. The summed E-state index contributed by atoms with van der Waals surface area (Å²) in [6.07, 6.45) is 2.09. The van der Waals surface area contributed by atoms with Crippen LogP contribution in [0.25, 0.3) is 10.8 Å². The maximum atomic E-state index is 12.5. The molecule has 4 rings (SSSR count). The zero-order chi connectivity index (χ0) is 18.1.